The third kappa shape index (κ3) is 26.5. The van der Waals surface area contributed by atoms with E-state index in [1.54, 1.807) is 48.8 Å². The standard InChI is InChI=1S/C61H83F2IN12O14S2/c62-61(63)32-45(33-65)76(41-61)54(80)34-69-58(87)47-12-15-66-49-11-10-46(31-48(47)49)90-28-2-4-43-13-18-75(19-14-43)60(89)51(77)40-92-30-17-68-59(88)50(39-91-29-16-67-52(78)5-1-3-42-6-8-44(64)9-7-42)70-53(79)35-71-20-22-72(36-55(81)82)24-26-74(38-57(85)86)27-25-73(23-21-71)37-56(83)84/h6-12,15,31,43,45,50-51,77H,1-5,13-14,16-30,32,34-41H2,(H,67,78)(H,68,88)(H,69,87)(H,70,79)(H,81,82)(H,83,84)(H,85,86)/t45-,50?,51-/m1/s1. The first-order valence-corrected chi connectivity index (χ1v) is 34.1. The maximum Gasteiger partial charge on any atom is 0.317 e. The van der Waals surface area contributed by atoms with E-state index in [9.17, 15) is 77.6 Å². The lowest BCUT2D eigenvalue weighted by Crippen LogP contribution is -2.53. The van der Waals surface area contributed by atoms with Crippen molar-refractivity contribution < 1.29 is 77.1 Å². The van der Waals surface area contributed by atoms with Gasteiger partial charge in [-0.15, -0.1) is 0 Å². The van der Waals surface area contributed by atoms with Crippen molar-refractivity contribution in [3.05, 3.63) is 69.4 Å². The van der Waals surface area contributed by atoms with Crippen LogP contribution in [0.5, 0.6) is 5.75 Å². The van der Waals surface area contributed by atoms with Crippen molar-refractivity contribution in [2.45, 2.75) is 75.5 Å². The number of aliphatic carboxylic acids is 3. The van der Waals surface area contributed by atoms with Gasteiger partial charge in [0, 0.05) is 130 Å². The van der Waals surface area contributed by atoms with Crippen molar-refractivity contribution >= 4 is 110 Å². The molecule has 92 heavy (non-hydrogen) atoms. The van der Waals surface area contributed by atoms with Gasteiger partial charge in [-0.05, 0) is 109 Å². The molecule has 6 amide bonds. The number of aliphatic hydroxyl groups excluding tert-OH is 1. The SMILES string of the molecule is N#C[C@H]1CC(F)(F)CN1C(=O)CNC(=O)c1ccnc2ccc(OCCCC3CCN(C(=O)[C@H](O)CSCCNC(=O)C(CSCCNC(=O)CCCc4ccc(I)cc4)NC(=O)CN4CCN(CC(=O)O)CCN(CC(=O)O)CCN(CC(=O)O)CC4)CC3)cc12. The number of carbonyl (C=O) groups excluding carboxylic acids is 6. The number of aliphatic hydroxyl groups is 1. The Morgan fingerprint density at radius 2 is 1.33 bits per heavy atom. The van der Waals surface area contributed by atoms with E-state index < -0.39 is 85.2 Å². The third-order valence-corrected chi connectivity index (χ3v) is 18.6. The number of hydrogen-bond donors (Lipinski definition) is 8. The Morgan fingerprint density at radius 1 is 0.739 bits per heavy atom. The molecular formula is C61H83F2IN12O14S2. The highest BCUT2D eigenvalue weighted by molar-refractivity contribution is 14.1. The van der Waals surface area contributed by atoms with E-state index in [1.807, 2.05) is 24.3 Å². The summed E-state index contributed by atoms with van der Waals surface area (Å²) in [5.74, 6) is -7.58. The van der Waals surface area contributed by atoms with Gasteiger partial charge < -0.3 is 56.2 Å². The highest BCUT2D eigenvalue weighted by Gasteiger charge is 2.47. The summed E-state index contributed by atoms with van der Waals surface area (Å²) in [6, 6.07) is 14.1. The van der Waals surface area contributed by atoms with E-state index in [-0.39, 0.29) is 114 Å². The van der Waals surface area contributed by atoms with Crippen LogP contribution in [-0.2, 0) is 44.8 Å². The molecule has 0 spiro atoms. The van der Waals surface area contributed by atoms with E-state index in [0.717, 1.165) is 39.7 Å². The number of ether oxygens (including phenoxy) is 1. The van der Waals surface area contributed by atoms with E-state index in [2.05, 4.69) is 48.8 Å². The van der Waals surface area contributed by atoms with Crippen molar-refractivity contribution in [2.24, 2.45) is 5.92 Å². The van der Waals surface area contributed by atoms with Crippen LogP contribution in [0.4, 0.5) is 8.78 Å². The third-order valence-electron chi connectivity index (χ3n) is 15.8. The van der Waals surface area contributed by atoms with Crippen LogP contribution in [0.15, 0.2) is 54.7 Å². The maximum absolute atomic E-state index is 13.9. The van der Waals surface area contributed by atoms with Gasteiger partial charge in [-0.1, -0.05) is 12.1 Å². The number of aromatic nitrogens is 1. The number of aryl methyl sites for hydroxylation is 1. The average Bonchev–Trinajstić information content (AvgIpc) is 1.21. The van der Waals surface area contributed by atoms with Crippen LogP contribution in [0.25, 0.3) is 10.9 Å². The highest BCUT2D eigenvalue weighted by Crippen LogP contribution is 2.32. The molecule has 0 aliphatic carbocycles. The number of benzene rings is 2. The van der Waals surface area contributed by atoms with E-state index in [1.165, 1.54) is 35.8 Å². The minimum atomic E-state index is -3.19. The lowest BCUT2D eigenvalue weighted by Gasteiger charge is -2.33. The Morgan fingerprint density at radius 3 is 1.92 bits per heavy atom. The van der Waals surface area contributed by atoms with Crippen LogP contribution in [0, 0.1) is 20.8 Å². The molecule has 1 aromatic heterocycles. The number of carboxylic acids is 3. The topological polar surface area (TPSA) is 348 Å². The number of likely N-dealkylation sites (tertiary alicyclic amines) is 2. The number of piperidine rings is 1. The van der Waals surface area contributed by atoms with Crippen LogP contribution in [0.1, 0.15) is 60.9 Å². The maximum atomic E-state index is 13.9. The Balaban J connectivity index is 0.934. The number of carboxylic acid groups (broad SMARTS) is 3. The number of pyridine rings is 1. The van der Waals surface area contributed by atoms with Crippen LogP contribution in [0.3, 0.4) is 0 Å². The summed E-state index contributed by atoms with van der Waals surface area (Å²) in [4.78, 5) is 128. The molecule has 3 fully saturated rings. The summed E-state index contributed by atoms with van der Waals surface area (Å²) in [7, 11) is 0. The summed E-state index contributed by atoms with van der Waals surface area (Å²) in [5.41, 5.74) is 1.83. The summed E-state index contributed by atoms with van der Waals surface area (Å²) >= 11 is 4.87. The smallest absolute Gasteiger partial charge is 0.317 e. The molecule has 3 aliphatic heterocycles. The van der Waals surface area contributed by atoms with E-state index in [0.29, 0.717) is 79.6 Å². The number of rotatable bonds is 33. The summed E-state index contributed by atoms with van der Waals surface area (Å²) in [6.45, 7) is 0.670. The zero-order chi connectivity index (χ0) is 66.6. The first-order chi connectivity index (χ1) is 44.0. The number of halogens is 3. The van der Waals surface area contributed by atoms with Gasteiger partial charge in [0.25, 0.3) is 17.7 Å². The molecule has 3 saturated heterocycles. The van der Waals surface area contributed by atoms with Crippen molar-refractivity contribution in [1.29, 1.82) is 5.26 Å². The number of amides is 6. The molecule has 0 bridgehead atoms. The Labute approximate surface area is 555 Å². The molecule has 6 rings (SSSR count). The second-order valence-electron chi connectivity index (χ2n) is 22.9. The van der Waals surface area contributed by atoms with Crippen LogP contribution in [-0.4, -0.2) is 280 Å². The zero-order valence-electron chi connectivity index (χ0n) is 51.3. The van der Waals surface area contributed by atoms with Gasteiger partial charge >= 0.3 is 17.9 Å². The van der Waals surface area contributed by atoms with Crippen molar-refractivity contribution in [2.75, 3.05) is 147 Å². The van der Waals surface area contributed by atoms with Crippen LogP contribution < -0.4 is 26.0 Å². The normalized spacial score (nSPS) is 17.9. The molecular weight excluding hydrogens is 1350 g/mol. The first kappa shape index (κ1) is 74.5. The van der Waals surface area contributed by atoms with Crippen LogP contribution >= 0.6 is 46.1 Å². The molecule has 2 aromatic carbocycles. The Bertz CT molecular complexity index is 2990. The lowest BCUT2D eigenvalue weighted by atomic mass is 9.92. The van der Waals surface area contributed by atoms with Crippen molar-refractivity contribution in [1.82, 2.24) is 55.7 Å². The fourth-order valence-corrected chi connectivity index (χ4v) is 12.9. The van der Waals surface area contributed by atoms with Gasteiger partial charge in [0.2, 0.25) is 23.6 Å². The predicted molar refractivity (Wildman–Crippen MR) is 348 cm³/mol. The number of carbonyl (C=O) groups is 9. The van der Waals surface area contributed by atoms with Crippen molar-refractivity contribution in [3.8, 4) is 11.8 Å². The minimum absolute atomic E-state index is 0.0759. The number of nitrogens with zero attached hydrogens (tertiary/aromatic N) is 8. The Hall–Kier alpha value is -6.54. The first-order valence-electron chi connectivity index (χ1n) is 30.7. The molecule has 0 saturated carbocycles. The number of alkyl halides is 2. The van der Waals surface area contributed by atoms with Gasteiger partial charge in [0.05, 0.1) is 63.0 Å². The van der Waals surface area contributed by atoms with Gasteiger partial charge in [0.1, 0.15) is 23.9 Å². The zero-order valence-corrected chi connectivity index (χ0v) is 55.1. The lowest BCUT2D eigenvalue weighted by molar-refractivity contribution is -0.140. The molecule has 3 atom stereocenters. The number of nitrogens with one attached hydrogen (secondary N) is 4. The van der Waals surface area contributed by atoms with E-state index >= 15 is 0 Å². The van der Waals surface area contributed by atoms with Gasteiger partial charge in [0.15, 0.2) is 0 Å². The van der Waals surface area contributed by atoms with E-state index in [4.69, 9.17) is 4.74 Å². The molecule has 0 radical (unpaired) electrons. The number of fused-ring (bicyclic) bond motifs is 1. The molecule has 26 nitrogen and oxygen atoms in total. The van der Waals surface area contributed by atoms with Crippen molar-refractivity contribution in [3.63, 3.8) is 0 Å². The monoisotopic (exact) mass is 1440 g/mol. The summed E-state index contributed by atoms with van der Waals surface area (Å²) in [6.07, 6.45) is 4.12. The minimum Gasteiger partial charge on any atom is -0.494 e. The molecule has 504 valence electrons. The summed E-state index contributed by atoms with van der Waals surface area (Å²) < 4.78 is 35.0. The molecule has 8 N–H and O–H groups in total. The number of thioether (sulfide) groups is 2. The molecule has 1 unspecified atom stereocenters. The molecule has 4 heterocycles. The quantitative estimate of drug-likeness (QED) is 0.0318. The van der Waals surface area contributed by atoms with Crippen LogP contribution in [0.2, 0.25) is 0 Å². The molecule has 31 heteroatoms. The summed E-state index contributed by atoms with van der Waals surface area (Å²) in [5, 5.41) is 60.6. The molecule has 3 aromatic rings. The number of hydrogen-bond acceptors (Lipinski definition) is 19. The van der Waals surface area contributed by atoms with Gasteiger partial charge in [-0.2, -0.15) is 28.8 Å². The average molecular weight is 1440 g/mol. The fraction of sp³-hybridized carbons (Fsp3) is 0.590. The van der Waals surface area contributed by atoms with Gasteiger partial charge in [-0.25, -0.2) is 8.78 Å². The highest BCUT2D eigenvalue weighted by atomic mass is 127. The predicted octanol–water partition coefficient (Wildman–Crippen LogP) is 1.77. The fourth-order valence-electron chi connectivity index (χ4n) is 10.9. The second kappa shape index (κ2) is 38.6. The largest absolute Gasteiger partial charge is 0.494 e. The number of nitriles is 1. The van der Waals surface area contributed by atoms with Gasteiger partial charge in [-0.3, -0.25) is 67.7 Å². The Kier molecular flexibility index (Phi) is 31.3. The molecule has 3 aliphatic rings. The second-order valence-corrected chi connectivity index (χ2v) is 26.4.